The van der Waals surface area contributed by atoms with Crippen molar-refractivity contribution in [2.45, 2.75) is 38.4 Å². The predicted octanol–water partition coefficient (Wildman–Crippen LogP) is 2.35. The number of ether oxygens (including phenoxy) is 1. The van der Waals surface area contributed by atoms with Crippen LogP contribution in [0.4, 0.5) is 13.2 Å². The van der Waals surface area contributed by atoms with Gasteiger partial charge in [0.15, 0.2) is 0 Å². The molecule has 0 heterocycles. The van der Waals surface area contributed by atoms with Crippen LogP contribution < -0.4 is 5.73 Å². The Morgan fingerprint density at radius 3 is 2.43 bits per heavy atom. The quantitative estimate of drug-likeness (QED) is 0.721. The first-order valence-electron chi connectivity index (χ1n) is 4.61. The van der Waals surface area contributed by atoms with E-state index in [2.05, 4.69) is 0 Å². The first-order valence-corrected chi connectivity index (χ1v) is 4.61. The summed E-state index contributed by atoms with van der Waals surface area (Å²) in [6.07, 6.45) is -3.59. The van der Waals surface area contributed by atoms with Gasteiger partial charge in [-0.3, -0.25) is 0 Å². The van der Waals surface area contributed by atoms with Crippen molar-refractivity contribution >= 4 is 0 Å². The summed E-state index contributed by atoms with van der Waals surface area (Å²) in [5.74, 6) is 0.352. The molecule has 0 aromatic heterocycles. The Balaban J connectivity index is 2.57. The highest BCUT2D eigenvalue weighted by molar-refractivity contribution is 5.24. The zero-order valence-corrected chi connectivity index (χ0v) is 8.03. The summed E-state index contributed by atoms with van der Waals surface area (Å²) in [4.78, 5) is 0. The van der Waals surface area contributed by atoms with Gasteiger partial charge in [-0.25, -0.2) is 0 Å². The molecule has 0 amide bonds. The van der Waals surface area contributed by atoms with E-state index in [1.54, 1.807) is 6.92 Å². The molecule has 1 rings (SSSR count). The molecule has 0 saturated heterocycles. The molecule has 82 valence electrons. The molecule has 14 heavy (non-hydrogen) atoms. The van der Waals surface area contributed by atoms with E-state index in [0.29, 0.717) is 12.4 Å². The minimum absolute atomic E-state index is 0.352. The fourth-order valence-corrected chi connectivity index (χ4v) is 1.28. The lowest BCUT2D eigenvalue weighted by molar-refractivity contribution is -0.138. The molecule has 2 nitrogen and oxygen atoms in total. The van der Waals surface area contributed by atoms with Crippen molar-refractivity contribution < 1.29 is 17.9 Å². The summed E-state index contributed by atoms with van der Waals surface area (Å²) in [6.45, 7) is 2.10. The van der Waals surface area contributed by atoms with Crippen LogP contribution in [0.2, 0.25) is 0 Å². The van der Waals surface area contributed by atoms with Gasteiger partial charge >= 0.3 is 6.18 Å². The summed E-state index contributed by atoms with van der Waals surface area (Å²) in [7, 11) is 0. The second kappa shape index (κ2) is 4.21. The van der Waals surface area contributed by atoms with Crippen LogP contribution in [-0.4, -0.2) is 18.8 Å². The van der Waals surface area contributed by atoms with Gasteiger partial charge in [0.2, 0.25) is 0 Å². The average Bonchev–Trinajstić information content (AvgIpc) is 2.78. The topological polar surface area (TPSA) is 35.2 Å². The maximum atomic E-state index is 12.0. The Hall–Kier alpha value is -0.710. The molecular formula is C9H14F3NO. The molecule has 0 aromatic carbocycles. The van der Waals surface area contributed by atoms with E-state index in [9.17, 15) is 13.2 Å². The number of allylic oxidation sites excluding steroid dienone is 1. The minimum Gasteiger partial charge on any atom is -0.497 e. The maximum Gasteiger partial charge on any atom is 0.391 e. The second-order valence-electron chi connectivity index (χ2n) is 3.33. The van der Waals surface area contributed by atoms with Gasteiger partial charge in [-0.2, -0.15) is 13.2 Å². The van der Waals surface area contributed by atoms with E-state index in [1.807, 2.05) is 0 Å². The van der Waals surface area contributed by atoms with Crippen LogP contribution in [0.3, 0.4) is 0 Å². The molecule has 1 aliphatic carbocycles. The monoisotopic (exact) mass is 209 g/mol. The Bertz CT molecular complexity index is 229. The zero-order chi connectivity index (χ0) is 10.8. The van der Waals surface area contributed by atoms with Gasteiger partial charge in [-0.1, -0.05) is 0 Å². The van der Waals surface area contributed by atoms with E-state index < -0.39 is 18.6 Å². The maximum absolute atomic E-state index is 12.0. The van der Waals surface area contributed by atoms with Crippen molar-refractivity contribution in [1.82, 2.24) is 0 Å². The lowest BCUT2D eigenvalue weighted by atomic mass is 10.1. The summed E-state index contributed by atoms with van der Waals surface area (Å²) in [5.41, 5.74) is 6.36. The van der Waals surface area contributed by atoms with Crippen molar-refractivity contribution in [2.75, 3.05) is 6.61 Å². The minimum atomic E-state index is -4.22. The highest BCUT2D eigenvalue weighted by Crippen LogP contribution is 2.35. The summed E-state index contributed by atoms with van der Waals surface area (Å²) in [6, 6.07) is -1.03. The number of halogens is 3. The Kier molecular flexibility index (Phi) is 3.42. The normalized spacial score (nSPS) is 17.9. The Labute approximate surface area is 80.9 Å². The molecular weight excluding hydrogens is 195 g/mol. The molecule has 1 fully saturated rings. The number of hydrogen-bond donors (Lipinski definition) is 1. The molecule has 2 N–H and O–H groups in total. The smallest absolute Gasteiger partial charge is 0.391 e. The van der Waals surface area contributed by atoms with Crippen LogP contribution >= 0.6 is 0 Å². The standard InChI is InChI=1S/C9H14F3NO/c1-2-14-8(6-3-4-6)7(13)5-9(10,11)12/h7H,2-5,13H2,1H3. The summed E-state index contributed by atoms with van der Waals surface area (Å²) in [5, 5.41) is 0. The molecule has 1 saturated carbocycles. The number of rotatable bonds is 4. The third-order valence-corrected chi connectivity index (χ3v) is 1.94. The third-order valence-electron chi connectivity index (χ3n) is 1.94. The lowest BCUT2D eigenvalue weighted by Gasteiger charge is -2.17. The van der Waals surface area contributed by atoms with Gasteiger partial charge < -0.3 is 10.5 Å². The molecule has 1 atom stereocenters. The molecule has 0 bridgehead atoms. The third kappa shape index (κ3) is 3.57. The molecule has 1 unspecified atom stereocenters. The Morgan fingerprint density at radius 2 is 2.07 bits per heavy atom. The van der Waals surface area contributed by atoms with Crippen LogP contribution in [0.5, 0.6) is 0 Å². The molecule has 0 aliphatic heterocycles. The largest absolute Gasteiger partial charge is 0.497 e. The molecule has 0 aromatic rings. The first kappa shape index (κ1) is 11.4. The fourth-order valence-electron chi connectivity index (χ4n) is 1.28. The van der Waals surface area contributed by atoms with Crippen LogP contribution in [0, 0.1) is 0 Å². The van der Waals surface area contributed by atoms with Crippen molar-refractivity contribution in [3.05, 3.63) is 11.3 Å². The molecule has 5 heteroatoms. The van der Waals surface area contributed by atoms with Crippen molar-refractivity contribution in [2.24, 2.45) is 5.73 Å². The van der Waals surface area contributed by atoms with Gasteiger partial charge in [-0.15, -0.1) is 0 Å². The van der Waals surface area contributed by atoms with Gasteiger partial charge in [-0.05, 0) is 25.3 Å². The SMILES string of the molecule is CCOC(=C1CC1)C(N)CC(F)(F)F. The fraction of sp³-hybridized carbons (Fsp3) is 0.778. The number of alkyl halides is 3. The van der Waals surface area contributed by atoms with E-state index in [1.165, 1.54) is 0 Å². The highest BCUT2D eigenvalue weighted by Gasteiger charge is 2.34. The number of nitrogens with two attached hydrogens (primary N) is 1. The van der Waals surface area contributed by atoms with E-state index in [0.717, 1.165) is 18.4 Å². The van der Waals surface area contributed by atoms with Crippen LogP contribution in [0.25, 0.3) is 0 Å². The van der Waals surface area contributed by atoms with Gasteiger partial charge in [0.1, 0.15) is 5.76 Å². The van der Waals surface area contributed by atoms with E-state index >= 15 is 0 Å². The van der Waals surface area contributed by atoms with Crippen molar-refractivity contribution in [3.8, 4) is 0 Å². The second-order valence-corrected chi connectivity index (χ2v) is 3.33. The van der Waals surface area contributed by atoms with E-state index in [4.69, 9.17) is 10.5 Å². The predicted molar refractivity (Wildman–Crippen MR) is 46.5 cm³/mol. The van der Waals surface area contributed by atoms with Crippen molar-refractivity contribution in [3.63, 3.8) is 0 Å². The van der Waals surface area contributed by atoms with Crippen LogP contribution in [0.15, 0.2) is 11.3 Å². The molecule has 0 spiro atoms. The Morgan fingerprint density at radius 1 is 1.50 bits per heavy atom. The first-order chi connectivity index (χ1) is 6.44. The van der Waals surface area contributed by atoms with Gasteiger partial charge in [0, 0.05) is 0 Å². The van der Waals surface area contributed by atoms with E-state index in [-0.39, 0.29) is 0 Å². The lowest BCUT2D eigenvalue weighted by Crippen LogP contribution is -2.30. The van der Waals surface area contributed by atoms with Crippen molar-refractivity contribution in [1.29, 1.82) is 0 Å². The van der Waals surface area contributed by atoms with Crippen LogP contribution in [0.1, 0.15) is 26.2 Å². The zero-order valence-electron chi connectivity index (χ0n) is 8.03. The average molecular weight is 209 g/mol. The molecule has 0 radical (unpaired) electrons. The highest BCUT2D eigenvalue weighted by atomic mass is 19.4. The molecule has 1 aliphatic rings. The summed E-state index contributed by atoms with van der Waals surface area (Å²) >= 11 is 0. The number of hydrogen-bond acceptors (Lipinski definition) is 2. The van der Waals surface area contributed by atoms with Gasteiger partial charge in [0.25, 0.3) is 0 Å². The van der Waals surface area contributed by atoms with Crippen LogP contribution in [-0.2, 0) is 4.74 Å². The summed E-state index contributed by atoms with van der Waals surface area (Å²) < 4.78 is 41.2. The van der Waals surface area contributed by atoms with Gasteiger partial charge in [0.05, 0.1) is 19.1 Å².